The van der Waals surface area contributed by atoms with Gasteiger partial charge in [0.1, 0.15) is 0 Å². The number of carboxylic acid groups (broad SMARTS) is 1. The van der Waals surface area contributed by atoms with E-state index in [1.54, 1.807) is 12.1 Å². The molecule has 1 aliphatic carbocycles. The summed E-state index contributed by atoms with van der Waals surface area (Å²) in [6.07, 6.45) is 3.15. The van der Waals surface area contributed by atoms with E-state index in [0.29, 0.717) is 13.2 Å². The van der Waals surface area contributed by atoms with E-state index in [4.69, 9.17) is 9.47 Å². The summed E-state index contributed by atoms with van der Waals surface area (Å²) in [5.74, 6) is -1.93. The number of rotatable bonds is 3. The topological polar surface area (TPSA) is 55.8 Å². The van der Waals surface area contributed by atoms with E-state index in [1.807, 2.05) is 26.0 Å². The molecule has 0 atom stereocenters. The highest BCUT2D eigenvalue weighted by Gasteiger charge is 2.42. The lowest BCUT2D eigenvalue weighted by Crippen LogP contribution is -2.40. The molecule has 0 spiro atoms. The SMILES string of the molecule is CC.CC1(C)CCC(C)(C)c2cc(C3(c4ccc(C(=O)O)cc4)OCCCO3)ccc21. The van der Waals surface area contributed by atoms with Gasteiger partial charge in [-0.15, -0.1) is 0 Å². The molecule has 0 aromatic heterocycles. The van der Waals surface area contributed by atoms with Crippen molar-refractivity contribution in [3.63, 3.8) is 0 Å². The minimum atomic E-state index is -0.998. The van der Waals surface area contributed by atoms with Gasteiger partial charge in [-0.05, 0) is 59.4 Å². The van der Waals surface area contributed by atoms with Crippen LogP contribution < -0.4 is 0 Å². The fraction of sp³-hybridized carbons (Fsp3) is 0.519. The Labute approximate surface area is 186 Å². The first-order chi connectivity index (χ1) is 14.7. The highest BCUT2D eigenvalue weighted by atomic mass is 16.7. The number of carbonyl (C=O) groups is 1. The summed E-state index contributed by atoms with van der Waals surface area (Å²) in [6, 6.07) is 13.5. The third-order valence-electron chi connectivity index (χ3n) is 6.64. The molecule has 31 heavy (non-hydrogen) atoms. The molecule has 1 fully saturated rings. The van der Waals surface area contributed by atoms with Crippen LogP contribution in [0, 0.1) is 0 Å². The summed E-state index contributed by atoms with van der Waals surface area (Å²) < 4.78 is 12.6. The number of hydrogen-bond donors (Lipinski definition) is 1. The van der Waals surface area contributed by atoms with Crippen molar-refractivity contribution in [2.75, 3.05) is 13.2 Å². The average molecular weight is 425 g/mol. The van der Waals surface area contributed by atoms with Crippen LogP contribution in [0.5, 0.6) is 0 Å². The second-order valence-corrected chi connectivity index (χ2v) is 9.58. The lowest BCUT2D eigenvalue weighted by atomic mass is 9.62. The van der Waals surface area contributed by atoms with Gasteiger partial charge in [-0.25, -0.2) is 4.79 Å². The van der Waals surface area contributed by atoms with Crippen molar-refractivity contribution in [3.05, 3.63) is 70.3 Å². The standard InChI is InChI=1S/C25H30O4.C2H6/c1-23(2)12-13-24(3,4)21-16-19(10-11-20(21)23)25(28-14-5-15-29-25)18-8-6-17(7-9-18)22(26)27;1-2/h6-11,16H,5,12-15H2,1-4H3,(H,26,27);1-2H3. The number of hydrogen-bond acceptors (Lipinski definition) is 3. The predicted molar refractivity (Wildman–Crippen MR) is 124 cm³/mol. The van der Waals surface area contributed by atoms with E-state index >= 15 is 0 Å². The third-order valence-corrected chi connectivity index (χ3v) is 6.64. The van der Waals surface area contributed by atoms with Crippen LogP contribution in [-0.4, -0.2) is 24.3 Å². The van der Waals surface area contributed by atoms with Crippen LogP contribution in [0.15, 0.2) is 42.5 Å². The maximum absolute atomic E-state index is 11.3. The maximum atomic E-state index is 11.3. The van der Waals surface area contributed by atoms with Gasteiger partial charge in [0.05, 0.1) is 18.8 Å². The molecule has 1 aliphatic heterocycles. The molecule has 0 saturated carbocycles. The molecule has 4 nitrogen and oxygen atoms in total. The van der Waals surface area contributed by atoms with Gasteiger partial charge in [0.2, 0.25) is 5.79 Å². The van der Waals surface area contributed by atoms with Gasteiger partial charge >= 0.3 is 5.97 Å². The molecular weight excluding hydrogens is 388 g/mol. The number of carboxylic acids is 1. The first-order valence-electron chi connectivity index (χ1n) is 11.4. The molecule has 2 aromatic carbocycles. The van der Waals surface area contributed by atoms with Crippen LogP contribution in [0.25, 0.3) is 0 Å². The van der Waals surface area contributed by atoms with Crippen LogP contribution in [0.4, 0.5) is 0 Å². The third kappa shape index (κ3) is 4.28. The van der Waals surface area contributed by atoms with E-state index in [1.165, 1.54) is 17.5 Å². The molecule has 4 rings (SSSR count). The van der Waals surface area contributed by atoms with E-state index in [9.17, 15) is 9.90 Å². The number of ether oxygens (including phenoxy) is 2. The Morgan fingerprint density at radius 1 is 0.806 bits per heavy atom. The lowest BCUT2D eigenvalue weighted by molar-refractivity contribution is -0.249. The van der Waals surface area contributed by atoms with Crippen molar-refractivity contribution >= 4 is 5.97 Å². The van der Waals surface area contributed by atoms with Crippen molar-refractivity contribution in [1.29, 1.82) is 0 Å². The van der Waals surface area contributed by atoms with Gasteiger partial charge in [0, 0.05) is 11.1 Å². The summed E-state index contributed by atoms with van der Waals surface area (Å²) >= 11 is 0. The van der Waals surface area contributed by atoms with Gasteiger partial charge in [-0.2, -0.15) is 0 Å². The number of aromatic carboxylic acids is 1. The van der Waals surface area contributed by atoms with E-state index in [-0.39, 0.29) is 16.4 Å². The van der Waals surface area contributed by atoms with Crippen LogP contribution in [0.1, 0.15) is 93.4 Å². The second kappa shape index (κ2) is 8.76. The highest BCUT2D eigenvalue weighted by Crippen LogP contribution is 2.48. The molecule has 1 N–H and O–H groups in total. The molecule has 2 aromatic rings. The molecule has 0 amide bonds. The fourth-order valence-corrected chi connectivity index (χ4v) is 4.66. The fourth-order valence-electron chi connectivity index (χ4n) is 4.66. The quantitative estimate of drug-likeness (QED) is 0.619. The second-order valence-electron chi connectivity index (χ2n) is 9.58. The summed E-state index contributed by atoms with van der Waals surface area (Å²) in [5.41, 5.74) is 5.04. The zero-order valence-corrected chi connectivity index (χ0v) is 19.7. The molecule has 0 radical (unpaired) electrons. The Bertz CT molecular complexity index is 919. The summed E-state index contributed by atoms with van der Waals surface area (Å²) in [7, 11) is 0. The van der Waals surface area contributed by atoms with Crippen molar-refractivity contribution in [1.82, 2.24) is 0 Å². The van der Waals surface area contributed by atoms with Gasteiger partial charge in [0.25, 0.3) is 0 Å². The molecule has 1 heterocycles. The highest BCUT2D eigenvalue weighted by molar-refractivity contribution is 5.87. The Morgan fingerprint density at radius 3 is 1.87 bits per heavy atom. The van der Waals surface area contributed by atoms with Gasteiger partial charge in [-0.3, -0.25) is 0 Å². The molecule has 0 unspecified atom stereocenters. The van der Waals surface area contributed by atoms with Crippen molar-refractivity contribution < 1.29 is 19.4 Å². The minimum Gasteiger partial charge on any atom is -0.478 e. The van der Waals surface area contributed by atoms with E-state index < -0.39 is 11.8 Å². The molecule has 1 saturated heterocycles. The van der Waals surface area contributed by atoms with Crippen LogP contribution >= 0.6 is 0 Å². The van der Waals surface area contributed by atoms with Crippen molar-refractivity contribution in [3.8, 4) is 0 Å². The zero-order chi connectivity index (χ0) is 22.9. The van der Waals surface area contributed by atoms with Gasteiger partial charge in [0.15, 0.2) is 0 Å². The largest absolute Gasteiger partial charge is 0.478 e. The smallest absolute Gasteiger partial charge is 0.335 e. The van der Waals surface area contributed by atoms with E-state index in [2.05, 4.69) is 45.9 Å². The van der Waals surface area contributed by atoms with Gasteiger partial charge in [-0.1, -0.05) is 65.8 Å². The normalized spacial score (nSPS) is 20.7. The molecule has 0 bridgehead atoms. The molecular formula is C27H36O4. The Balaban J connectivity index is 0.00000132. The Hall–Kier alpha value is -2.17. The summed E-state index contributed by atoms with van der Waals surface area (Å²) in [6.45, 7) is 14.5. The van der Waals surface area contributed by atoms with Crippen LogP contribution in [0.2, 0.25) is 0 Å². The predicted octanol–water partition coefficient (Wildman–Crippen LogP) is 6.40. The van der Waals surface area contributed by atoms with Crippen molar-refractivity contribution in [2.45, 2.75) is 77.4 Å². The average Bonchev–Trinajstić information content (AvgIpc) is 2.79. The van der Waals surface area contributed by atoms with Gasteiger partial charge < -0.3 is 14.6 Å². The molecule has 168 valence electrons. The summed E-state index contributed by atoms with van der Waals surface area (Å²) in [5, 5.41) is 9.24. The van der Waals surface area contributed by atoms with Crippen LogP contribution in [0.3, 0.4) is 0 Å². The zero-order valence-electron chi connectivity index (χ0n) is 19.7. The number of fused-ring (bicyclic) bond motifs is 1. The summed E-state index contributed by atoms with van der Waals surface area (Å²) in [4.78, 5) is 11.3. The Morgan fingerprint density at radius 2 is 1.32 bits per heavy atom. The Kier molecular flexibility index (Phi) is 6.64. The lowest BCUT2D eigenvalue weighted by Gasteiger charge is -2.44. The minimum absolute atomic E-state index is 0.0872. The number of benzene rings is 2. The monoisotopic (exact) mass is 424 g/mol. The first kappa shape index (κ1) is 23.5. The van der Waals surface area contributed by atoms with Crippen molar-refractivity contribution in [2.24, 2.45) is 0 Å². The first-order valence-corrected chi connectivity index (χ1v) is 11.4. The molecule has 4 heteroatoms. The molecule has 2 aliphatic rings. The maximum Gasteiger partial charge on any atom is 0.335 e. The van der Waals surface area contributed by atoms with Crippen LogP contribution in [-0.2, 0) is 26.1 Å². The van der Waals surface area contributed by atoms with E-state index in [0.717, 1.165) is 24.0 Å².